The van der Waals surface area contributed by atoms with Gasteiger partial charge in [-0.05, 0) is 278 Å². The molecule has 0 N–H and O–H groups in total. The van der Waals surface area contributed by atoms with E-state index in [2.05, 4.69) is 86.1 Å². The van der Waals surface area contributed by atoms with Crippen LogP contribution in [0.1, 0.15) is 227 Å². The Morgan fingerprint density at radius 2 is 1.40 bits per heavy atom. The minimum atomic E-state index is -4.11. The Labute approximate surface area is 504 Å². The van der Waals surface area contributed by atoms with Gasteiger partial charge < -0.3 is 14.4 Å². The maximum atomic E-state index is 14.9. The molecule has 26 atom stereocenters. The number of fused-ring (bicyclic) bond motifs is 17. The van der Waals surface area contributed by atoms with Crippen LogP contribution in [0.2, 0.25) is 0 Å². The molecule has 0 radical (unpaired) electrons. The molecular weight excluding hydrogens is 1060 g/mol. The Hall–Kier alpha value is -1.03. The van der Waals surface area contributed by atoms with Gasteiger partial charge in [0.15, 0.2) is 5.25 Å². The van der Waals surface area contributed by atoms with Gasteiger partial charge in [-0.15, -0.1) is 0 Å². The van der Waals surface area contributed by atoms with Crippen LogP contribution in [-0.4, -0.2) is 81.5 Å². The van der Waals surface area contributed by atoms with Crippen molar-refractivity contribution in [3.8, 4) is 0 Å². The first-order valence-electron chi connectivity index (χ1n) is 35.7. The number of halogens is 3. The quantitative estimate of drug-likeness (QED) is 0.137. The summed E-state index contributed by atoms with van der Waals surface area (Å²) in [7, 11) is 0. The van der Waals surface area contributed by atoms with Gasteiger partial charge >= 0.3 is 6.18 Å². The van der Waals surface area contributed by atoms with Crippen molar-refractivity contribution < 1.29 is 22.6 Å². The standard InChI is InChI=1S/C73H109F3N2O2S2/c1-42-33-38-64(82-6)70-65(42)52-25-17-31-61(68(52)80-70)77(45-19-8-7-9-20-45)62-41-58-66(48-22-11-10-21-47(48)62)51-36-35-46(40-57(51)72(58)55-28-14-12-26-53(55)71(3,4)54-27-13-15-29-56(54)72)78(59-37-34-44(39-43(59)2)73(74,75)76)60-30-16-23-49-50-24-18-32-63(81-5)69(50)79-67(49)60/h7-8,14,28,42-46,48-60,63-67,69-70H,9-13,15-27,29-41H2,1-6H3/p+1. The zero-order valence-electron chi connectivity index (χ0n) is 51.9. The van der Waals surface area contributed by atoms with E-state index in [9.17, 15) is 13.2 Å². The summed E-state index contributed by atoms with van der Waals surface area (Å²) in [5.74, 6) is 9.79. The number of rotatable bonds is 8. The Morgan fingerprint density at radius 3 is 2.20 bits per heavy atom. The van der Waals surface area contributed by atoms with Gasteiger partial charge in [-0.3, -0.25) is 4.90 Å². The lowest BCUT2D eigenvalue weighted by atomic mass is 9.36. The van der Waals surface area contributed by atoms with Crippen molar-refractivity contribution in [1.29, 1.82) is 0 Å². The fourth-order valence-electron chi connectivity index (χ4n) is 26.3. The minimum absolute atomic E-state index is 0.0282. The molecule has 0 aromatic rings. The Balaban J connectivity index is 0.874. The van der Waals surface area contributed by atoms with Gasteiger partial charge in [-0.2, -0.15) is 24.9 Å². The fourth-order valence-corrected chi connectivity index (χ4v) is 28.2. The zero-order valence-corrected chi connectivity index (χ0v) is 53.6. The van der Waals surface area contributed by atoms with Crippen molar-refractivity contribution in [2.75, 3.05) is 12.5 Å². The van der Waals surface area contributed by atoms with E-state index in [1.807, 2.05) is 11.3 Å². The molecule has 0 aromatic carbocycles. The molecule has 13 aliphatic carbocycles. The molecule has 4 nitrogen and oxygen atoms in total. The largest absolute Gasteiger partial charge is 0.487 e. The molecular formula is C73H110F3N2O2S2+. The van der Waals surface area contributed by atoms with Crippen LogP contribution in [0.3, 0.4) is 0 Å². The van der Waals surface area contributed by atoms with Gasteiger partial charge in [0, 0.05) is 47.0 Å². The zero-order chi connectivity index (χ0) is 56.0. The maximum absolute atomic E-state index is 14.9. The maximum Gasteiger partial charge on any atom is 0.391 e. The topological polar surface area (TPSA) is 24.9 Å². The summed E-state index contributed by atoms with van der Waals surface area (Å²) in [6, 6.07) is 1.43. The van der Waals surface area contributed by atoms with E-state index in [4.69, 9.17) is 9.47 Å². The number of alkyl halides is 3. The van der Waals surface area contributed by atoms with Crippen molar-refractivity contribution in [1.82, 2.24) is 9.80 Å². The lowest BCUT2D eigenvalue weighted by molar-refractivity contribution is -0.196. The second-order valence-corrected chi connectivity index (χ2v) is 34.5. The average molecular weight is 1170 g/mol. The third-order valence-corrected chi connectivity index (χ3v) is 31.4. The van der Waals surface area contributed by atoms with Gasteiger partial charge in [0.25, 0.3) is 0 Å². The monoisotopic (exact) mass is 1170 g/mol. The van der Waals surface area contributed by atoms with Crippen molar-refractivity contribution in [3.05, 3.63) is 47.0 Å². The van der Waals surface area contributed by atoms with Crippen LogP contribution in [0.4, 0.5) is 13.2 Å². The van der Waals surface area contributed by atoms with Crippen molar-refractivity contribution >= 4 is 23.5 Å². The van der Waals surface area contributed by atoms with E-state index < -0.39 is 12.1 Å². The second-order valence-electron chi connectivity index (χ2n) is 32.2. The first-order valence-corrected chi connectivity index (χ1v) is 38.4. The molecule has 456 valence electrons. The van der Waals surface area contributed by atoms with E-state index in [0.29, 0.717) is 119 Å². The summed E-state index contributed by atoms with van der Waals surface area (Å²) in [6.45, 7) is 10.4. The van der Waals surface area contributed by atoms with Crippen LogP contribution in [0.15, 0.2) is 47.0 Å². The van der Waals surface area contributed by atoms with Crippen molar-refractivity contribution in [2.45, 2.75) is 286 Å². The van der Waals surface area contributed by atoms with Crippen LogP contribution >= 0.6 is 11.8 Å². The number of ether oxygens (including phenoxy) is 2. The van der Waals surface area contributed by atoms with Crippen molar-refractivity contribution in [2.24, 2.45) is 106 Å². The molecule has 0 bridgehead atoms. The molecule has 26 unspecified atom stereocenters. The molecule has 9 heteroatoms. The summed E-state index contributed by atoms with van der Waals surface area (Å²) < 4.78 is 60.1. The third kappa shape index (κ3) is 9.00. The molecule has 82 heavy (non-hydrogen) atoms. The van der Waals surface area contributed by atoms with Crippen LogP contribution in [0.5, 0.6) is 0 Å². The summed E-state index contributed by atoms with van der Waals surface area (Å²) in [6.07, 6.45) is 49.9. The smallest absolute Gasteiger partial charge is 0.391 e. The first kappa shape index (κ1) is 57.4. The van der Waals surface area contributed by atoms with Crippen LogP contribution in [0.25, 0.3) is 0 Å². The normalized spacial score (nSPS) is 50.3. The third-order valence-electron chi connectivity index (χ3n) is 29.1. The molecule has 15 aliphatic rings. The summed E-state index contributed by atoms with van der Waals surface area (Å²) in [5.41, 5.74) is 5.95. The highest BCUT2D eigenvalue weighted by molar-refractivity contribution is 7.99. The van der Waals surface area contributed by atoms with E-state index >= 15 is 0 Å². The number of nitrogens with zero attached hydrogens (tertiary/aromatic N) is 2. The number of thioether (sulfide) groups is 1. The fraction of sp³-hybridized carbons (Fsp3) is 0.890. The minimum Gasteiger partial charge on any atom is -0.487 e. The van der Waals surface area contributed by atoms with Crippen LogP contribution < -0.4 is 0 Å². The highest BCUT2D eigenvalue weighted by Gasteiger charge is 2.74. The predicted molar refractivity (Wildman–Crippen MR) is 333 cm³/mol. The van der Waals surface area contributed by atoms with Crippen LogP contribution in [-0.2, 0) is 21.2 Å². The molecule has 0 aromatic heterocycles. The van der Waals surface area contributed by atoms with Gasteiger partial charge in [0.1, 0.15) is 11.9 Å². The number of thiol groups is 1. The van der Waals surface area contributed by atoms with Gasteiger partial charge in [-0.1, -0.05) is 84.1 Å². The van der Waals surface area contributed by atoms with E-state index in [0.717, 1.165) is 42.4 Å². The SMILES string of the molecule is CSC1CCCC2C3CCCC(N(C4CCC5C6C7CCCCC7=C(N(C7=C8OC9C([SH+]C)CCC(C)C9C8CCC7)C7CC=CCC7)CC6C6(C7C=CCCC7C(C)(C)C7CCCCC76)C5C4)C4CCC(C(F)(F)F)CC4C)C3OC12. The Morgan fingerprint density at radius 1 is 0.610 bits per heavy atom. The summed E-state index contributed by atoms with van der Waals surface area (Å²) in [5, 5.41) is 1.23. The van der Waals surface area contributed by atoms with Crippen LogP contribution in [0, 0.1) is 106 Å². The molecule has 2 heterocycles. The molecule has 15 rings (SSSR count). The van der Waals surface area contributed by atoms with Crippen molar-refractivity contribution in [3.63, 3.8) is 0 Å². The average Bonchev–Trinajstić information content (AvgIpc) is 1.93. The molecule has 2 saturated heterocycles. The molecule has 2 aliphatic heterocycles. The lowest BCUT2D eigenvalue weighted by Crippen LogP contribution is -2.64. The first-order chi connectivity index (χ1) is 39.8. The van der Waals surface area contributed by atoms with Gasteiger partial charge in [-0.25, -0.2) is 0 Å². The van der Waals surface area contributed by atoms with E-state index in [-0.39, 0.29) is 23.5 Å². The molecule has 0 amide bonds. The molecule has 1 spiro atoms. The second kappa shape index (κ2) is 22.5. The van der Waals surface area contributed by atoms with Gasteiger partial charge in [0.2, 0.25) is 0 Å². The molecule has 9 saturated carbocycles. The van der Waals surface area contributed by atoms with E-state index in [1.165, 1.54) is 184 Å². The number of allylic oxidation sites excluding steroid dienone is 7. The summed E-state index contributed by atoms with van der Waals surface area (Å²) in [4.78, 5) is 6.31. The van der Waals surface area contributed by atoms with Gasteiger partial charge in [0.05, 0.1) is 30.1 Å². The number of hydrogen-bond acceptors (Lipinski definition) is 5. The highest BCUT2D eigenvalue weighted by atomic mass is 32.2. The molecule has 11 fully saturated rings. The predicted octanol–water partition coefficient (Wildman–Crippen LogP) is 18.1. The lowest BCUT2D eigenvalue weighted by Gasteiger charge is -2.68. The van der Waals surface area contributed by atoms with E-state index in [1.54, 1.807) is 5.70 Å². The Kier molecular flexibility index (Phi) is 15.7. The Bertz CT molecular complexity index is 2470. The summed E-state index contributed by atoms with van der Waals surface area (Å²) >= 11 is 3.58. The number of hydrogen-bond donors (Lipinski definition) is 0. The highest BCUT2D eigenvalue weighted by Crippen LogP contribution is 2.79.